The number of rotatable bonds is 7. The Morgan fingerprint density at radius 3 is 2.81 bits per heavy atom. The maximum Gasteiger partial charge on any atom is 0.141 e. The molecule has 0 atom stereocenters. The highest BCUT2D eigenvalue weighted by Crippen LogP contribution is 2.04. The third kappa shape index (κ3) is 3.90. The van der Waals surface area contributed by atoms with E-state index in [1.807, 2.05) is 4.68 Å². The molecule has 92 valence electrons. The molecule has 1 aromatic heterocycles. The first kappa shape index (κ1) is 13.1. The van der Waals surface area contributed by atoms with Crippen LogP contribution in [0, 0.1) is 5.92 Å². The van der Waals surface area contributed by atoms with Crippen molar-refractivity contribution >= 4 is 0 Å². The summed E-state index contributed by atoms with van der Waals surface area (Å²) in [6.07, 6.45) is 1.60. The zero-order chi connectivity index (χ0) is 12.0. The monoisotopic (exact) mass is 226 g/mol. The Kier molecular flexibility index (Phi) is 5.42. The van der Waals surface area contributed by atoms with E-state index in [0.29, 0.717) is 12.5 Å². The molecule has 0 radical (unpaired) electrons. The highest BCUT2D eigenvalue weighted by Gasteiger charge is 2.10. The third-order valence-electron chi connectivity index (χ3n) is 2.46. The lowest BCUT2D eigenvalue weighted by molar-refractivity contribution is 0.191. The minimum atomic E-state index is 0.187. The molecule has 0 aliphatic rings. The summed E-state index contributed by atoms with van der Waals surface area (Å²) >= 11 is 0. The van der Waals surface area contributed by atoms with Gasteiger partial charge in [0, 0.05) is 13.1 Å². The lowest BCUT2D eigenvalue weighted by Gasteiger charge is -2.19. The van der Waals surface area contributed by atoms with E-state index in [1.54, 1.807) is 6.33 Å². The van der Waals surface area contributed by atoms with Gasteiger partial charge in [-0.2, -0.15) is 5.10 Å². The van der Waals surface area contributed by atoms with Crippen molar-refractivity contribution in [3.05, 3.63) is 12.2 Å². The van der Waals surface area contributed by atoms with Crippen molar-refractivity contribution in [3.8, 4) is 0 Å². The fourth-order valence-corrected chi connectivity index (χ4v) is 1.60. The molecular weight excluding hydrogens is 204 g/mol. The molecule has 0 spiro atoms. The first-order valence-corrected chi connectivity index (χ1v) is 5.87. The van der Waals surface area contributed by atoms with Crippen molar-refractivity contribution in [3.63, 3.8) is 0 Å². The molecule has 0 unspecified atom stereocenters. The van der Waals surface area contributed by atoms with Crippen LogP contribution in [-0.4, -0.2) is 44.5 Å². The van der Waals surface area contributed by atoms with Crippen molar-refractivity contribution in [2.24, 2.45) is 5.92 Å². The summed E-state index contributed by atoms with van der Waals surface area (Å²) in [5.41, 5.74) is 0. The lowest BCUT2D eigenvalue weighted by Crippen LogP contribution is -2.28. The van der Waals surface area contributed by atoms with Crippen LogP contribution in [0.5, 0.6) is 0 Å². The number of likely N-dealkylation sites (N-methyl/N-ethyl adjacent to an activating group) is 1. The Morgan fingerprint density at radius 1 is 1.50 bits per heavy atom. The molecule has 0 saturated carbocycles. The fraction of sp³-hybridized carbons (Fsp3) is 0.818. The minimum Gasteiger partial charge on any atom is -0.395 e. The largest absolute Gasteiger partial charge is 0.395 e. The van der Waals surface area contributed by atoms with E-state index >= 15 is 0 Å². The fourth-order valence-electron chi connectivity index (χ4n) is 1.60. The number of aliphatic hydroxyl groups is 1. The van der Waals surface area contributed by atoms with Gasteiger partial charge in [-0.15, -0.1) is 0 Å². The zero-order valence-electron chi connectivity index (χ0n) is 10.4. The first-order valence-electron chi connectivity index (χ1n) is 5.87. The van der Waals surface area contributed by atoms with Gasteiger partial charge in [-0.25, -0.2) is 9.67 Å². The van der Waals surface area contributed by atoms with E-state index in [-0.39, 0.29) is 6.61 Å². The van der Waals surface area contributed by atoms with Gasteiger partial charge >= 0.3 is 0 Å². The predicted molar refractivity (Wildman–Crippen MR) is 62.9 cm³/mol. The van der Waals surface area contributed by atoms with Gasteiger partial charge in [0.05, 0.1) is 13.2 Å². The van der Waals surface area contributed by atoms with E-state index < -0.39 is 0 Å². The van der Waals surface area contributed by atoms with Crippen molar-refractivity contribution in [2.45, 2.75) is 33.9 Å². The van der Waals surface area contributed by atoms with Gasteiger partial charge in [0.15, 0.2) is 0 Å². The molecule has 16 heavy (non-hydrogen) atoms. The van der Waals surface area contributed by atoms with Crippen LogP contribution in [0.2, 0.25) is 0 Å². The maximum absolute atomic E-state index is 8.93. The van der Waals surface area contributed by atoms with Gasteiger partial charge in [0.25, 0.3) is 0 Å². The molecule has 0 fully saturated rings. The average molecular weight is 226 g/mol. The number of aromatic nitrogens is 3. The van der Waals surface area contributed by atoms with E-state index in [2.05, 4.69) is 35.8 Å². The zero-order valence-corrected chi connectivity index (χ0v) is 10.4. The van der Waals surface area contributed by atoms with Gasteiger partial charge in [-0.05, 0) is 12.5 Å². The molecular formula is C11H22N4O. The molecule has 1 heterocycles. The van der Waals surface area contributed by atoms with E-state index in [4.69, 9.17) is 5.11 Å². The van der Waals surface area contributed by atoms with Gasteiger partial charge in [0.1, 0.15) is 12.2 Å². The van der Waals surface area contributed by atoms with Crippen molar-refractivity contribution < 1.29 is 5.11 Å². The van der Waals surface area contributed by atoms with Crippen LogP contribution in [0.4, 0.5) is 0 Å². The molecule has 5 heteroatoms. The van der Waals surface area contributed by atoms with Crippen LogP contribution in [0.25, 0.3) is 0 Å². The van der Waals surface area contributed by atoms with Gasteiger partial charge in [-0.1, -0.05) is 20.8 Å². The molecule has 5 nitrogen and oxygen atoms in total. The Labute approximate surface area is 97.1 Å². The predicted octanol–water partition coefficient (Wildman–Crippen LogP) is 0.748. The summed E-state index contributed by atoms with van der Waals surface area (Å²) in [6, 6.07) is 0. The first-order chi connectivity index (χ1) is 7.67. The van der Waals surface area contributed by atoms with Gasteiger partial charge < -0.3 is 5.11 Å². The van der Waals surface area contributed by atoms with E-state index in [1.165, 1.54) is 0 Å². The van der Waals surface area contributed by atoms with Gasteiger partial charge in [-0.3, -0.25) is 4.90 Å². The normalized spacial score (nSPS) is 11.6. The van der Waals surface area contributed by atoms with Crippen LogP contribution in [0.1, 0.15) is 26.6 Å². The summed E-state index contributed by atoms with van der Waals surface area (Å²) in [7, 11) is 0. The van der Waals surface area contributed by atoms with Crippen molar-refractivity contribution in [2.75, 3.05) is 19.7 Å². The Morgan fingerprint density at radius 2 is 2.25 bits per heavy atom. The molecule has 0 amide bonds. The Bertz CT molecular complexity index is 298. The maximum atomic E-state index is 8.93. The second-order valence-electron chi connectivity index (χ2n) is 4.34. The number of aliphatic hydroxyl groups excluding tert-OH is 1. The molecule has 1 aromatic rings. The van der Waals surface area contributed by atoms with Crippen LogP contribution in [-0.2, 0) is 13.1 Å². The lowest BCUT2D eigenvalue weighted by atomic mass is 10.2. The molecule has 0 bridgehead atoms. The molecule has 1 rings (SSSR count). The summed E-state index contributed by atoms with van der Waals surface area (Å²) in [5, 5.41) is 13.1. The molecule has 0 aliphatic heterocycles. The van der Waals surface area contributed by atoms with E-state index in [9.17, 15) is 0 Å². The SMILES string of the molecule is CCN(CCO)Cc1ncnn1CC(C)C. The second-order valence-corrected chi connectivity index (χ2v) is 4.34. The average Bonchev–Trinajstić information content (AvgIpc) is 2.64. The Hall–Kier alpha value is -0.940. The highest BCUT2D eigenvalue weighted by atomic mass is 16.3. The van der Waals surface area contributed by atoms with Gasteiger partial charge in [0.2, 0.25) is 0 Å². The third-order valence-corrected chi connectivity index (χ3v) is 2.46. The minimum absolute atomic E-state index is 0.187. The van der Waals surface area contributed by atoms with Crippen LogP contribution < -0.4 is 0 Å². The summed E-state index contributed by atoms with van der Waals surface area (Å²) in [4.78, 5) is 6.42. The second kappa shape index (κ2) is 6.60. The molecule has 1 N–H and O–H groups in total. The summed E-state index contributed by atoms with van der Waals surface area (Å²) in [6.45, 7) is 9.84. The number of hydrogen-bond donors (Lipinski definition) is 1. The van der Waals surface area contributed by atoms with Crippen molar-refractivity contribution in [1.29, 1.82) is 0 Å². The summed E-state index contributed by atoms with van der Waals surface area (Å²) < 4.78 is 1.95. The van der Waals surface area contributed by atoms with Crippen LogP contribution in [0.3, 0.4) is 0 Å². The standard InChI is InChI=1S/C11H22N4O/c1-4-14(5-6-16)8-11-12-9-13-15(11)7-10(2)3/h9-10,16H,4-8H2,1-3H3. The molecule has 0 saturated heterocycles. The van der Waals surface area contributed by atoms with Crippen LogP contribution >= 0.6 is 0 Å². The van der Waals surface area contributed by atoms with E-state index in [0.717, 1.165) is 25.5 Å². The van der Waals surface area contributed by atoms with Crippen LogP contribution in [0.15, 0.2) is 6.33 Å². The number of hydrogen-bond acceptors (Lipinski definition) is 4. The molecule has 0 aromatic carbocycles. The topological polar surface area (TPSA) is 54.2 Å². The molecule has 0 aliphatic carbocycles. The highest BCUT2D eigenvalue weighted by molar-refractivity contribution is 4.84. The Balaban J connectivity index is 2.61. The quantitative estimate of drug-likeness (QED) is 0.745. The summed E-state index contributed by atoms with van der Waals surface area (Å²) in [5.74, 6) is 1.54. The van der Waals surface area contributed by atoms with Crippen molar-refractivity contribution in [1.82, 2.24) is 19.7 Å². The number of nitrogens with zero attached hydrogens (tertiary/aromatic N) is 4. The smallest absolute Gasteiger partial charge is 0.141 e.